The molecule has 0 amide bonds. The average molecular weight is 271 g/mol. The quantitative estimate of drug-likeness (QED) is 0.826. The Morgan fingerprint density at radius 1 is 1.20 bits per heavy atom. The molecule has 20 heavy (non-hydrogen) atoms. The summed E-state index contributed by atoms with van der Waals surface area (Å²) in [6.07, 6.45) is 0. The van der Waals surface area contributed by atoms with Gasteiger partial charge in [-0.15, -0.1) is 0 Å². The number of hydrogen-bond donors (Lipinski definition) is 2. The van der Waals surface area contributed by atoms with Crippen molar-refractivity contribution in [1.29, 1.82) is 0 Å². The first-order valence-corrected chi connectivity index (χ1v) is 6.93. The van der Waals surface area contributed by atoms with Gasteiger partial charge in [0.15, 0.2) is 5.82 Å². The normalized spacial score (nSPS) is 16.1. The summed E-state index contributed by atoms with van der Waals surface area (Å²) in [5, 5.41) is 11.1. The van der Waals surface area contributed by atoms with E-state index in [2.05, 4.69) is 56.2 Å². The van der Waals surface area contributed by atoms with Crippen molar-refractivity contribution in [3.8, 4) is 17.0 Å². The maximum absolute atomic E-state index is 6.16. The molecule has 0 radical (unpaired) electrons. The van der Waals surface area contributed by atoms with Crippen molar-refractivity contribution in [2.45, 2.75) is 45.8 Å². The Hall–Kier alpha value is -1.97. The van der Waals surface area contributed by atoms with Crippen molar-refractivity contribution in [2.24, 2.45) is 0 Å². The van der Waals surface area contributed by atoms with E-state index in [0.717, 1.165) is 28.4 Å². The number of benzene rings is 1. The van der Waals surface area contributed by atoms with Gasteiger partial charge in [-0.25, -0.2) is 0 Å². The van der Waals surface area contributed by atoms with Crippen LogP contribution >= 0.6 is 0 Å². The molecule has 4 heteroatoms. The lowest BCUT2D eigenvalue weighted by atomic mass is 9.90. The number of nitrogens with zero attached hydrogens (tertiary/aromatic N) is 1. The van der Waals surface area contributed by atoms with E-state index in [1.165, 1.54) is 0 Å². The molecule has 0 atom stereocenters. The monoisotopic (exact) mass is 271 g/mol. The summed E-state index contributed by atoms with van der Waals surface area (Å²) in [4.78, 5) is 0. The van der Waals surface area contributed by atoms with E-state index in [1.807, 2.05) is 18.2 Å². The number of H-pyrrole nitrogens is 1. The van der Waals surface area contributed by atoms with Gasteiger partial charge in [0.1, 0.15) is 11.4 Å². The van der Waals surface area contributed by atoms with E-state index in [9.17, 15) is 0 Å². The number of rotatable bonds is 1. The Morgan fingerprint density at radius 2 is 1.90 bits per heavy atom. The fraction of sp³-hybridized carbons (Fsp3) is 0.438. The number of nitrogens with one attached hydrogen (secondary N) is 2. The fourth-order valence-electron chi connectivity index (χ4n) is 2.66. The SMILES string of the molecule is CC(C)(C)Nc1n[nH]c2c1C(C)(C)Oc1ccccc1-2. The number of ether oxygens (including phenoxy) is 1. The van der Waals surface area contributed by atoms with Crippen molar-refractivity contribution >= 4 is 5.82 Å². The first-order valence-electron chi connectivity index (χ1n) is 6.93. The Bertz CT molecular complexity index is 650. The minimum atomic E-state index is -0.412. The van der Waals surface area contributed by atoms with Crippen molar-refractivity contribution in [3.63, 3.8) is 0 Å². The first kappa shape index (κ1) is 13.0. The Kier molecular flexibility index (Phi) is 2.61. The molecular weight excluding hydrogens is 250 g/mol. The van der Waals surface area contributed by atoms with Crippen LogP contribution < -0.4 is 10.1 Å². The van der Waals surface area contributed by atoms with E-state index < -0.39 is 5.60 Å². The van der Waals surface area contributed by atoms with Crippen molar-refractivity contribution < 1.29 is 4.74 Å². The molecule has 106 valence electrons. The molecule has 0 fully saturated rings. The van der Waals surface area contributed by atoms with Crippen LogP contribution in [0.5, 0.6) is 5.75 Å². The van der Waals surface area contributed by atoms with Gasteiger partial charge in [-0.05, 0) is 46.8 Å². The van der Waals surface area contributed by atoms with Crippen LogP contribution in [0.3, 0.4) is 0 Å². The Morgan fingerprint density at radius 3 is 2.60 bits per heavy atom. The third-order valence-corrected chi connectivity index (χ3v) is 3.38. The second kappa shape index (κ2) is 4.01. The highest BCUT2D eigenvalue weighted by Gasteiger charge is 2.37. The molecule has 2 N–H and O–H groups in total. The minimum Gasteiger partial charge on any atom is -0.482 e. The fourth-order valence-corrected chi connectivity index (χ4v) is 2.66. The molecule has 1 aliphatic rings. The third kappa shape index (κ3) is 2.05. The summed E-state index contributed by atoms with van der Waals surface area (Å²) in [5.41, 5.74) is 2.74. The molecule has 0 bridgehead atoms. The third-order valence-electron chi connectivity index (χ3n) is 3.38. The summed E-state index contributed by atoms with van der Waals surface area (Å²) in [5.74, 6) is 1.77. The zero-order valence-electron chi connectivity index (χ0n) is 12.7. The molecule has 4 nitrogen and oxygen atoms in total. The highest BCUT2D eigenvalue weighted by atomic mass is 16.5. The van der Waals surface area contributed by atoms with Crippen LogP contribution in [0.15, 0.2) is 24.3 Å². The smallest absolute Gasteiger partial charge is 0.156 e. The predicted octanol–water partition coefficient (Wildman–Crippen LogP) is 3.91. The van der Waals surface area contributed by atoms with E-state index in [1.54, 1.807) is 0 Å². The largest absolute Gasteiger partial charge is 0.482 e. The highest BCUT2D eigenvalue weighted by Crippen LogP contribution is 2.46. The van der Waals surface area contributed by atoms with Crippen molar-refractivity contribution in [2.75, 3.05) is 5.32 Å². The van der Waals surface area contributed by atoms with Crippen LogP contribution in [0.2, 0.25) is 0 Å². The molecule has 1 aliphatic heterocycles. The van der Waals surface area contributed by atoms with Crippen LogP contribution in [0.25, 0.3) is 11.3 Å². The lowest BCUT2D eigenvalue weighted by Gasteiger charge is -2.34. The van der Waals surface area contributed by atoms with Crippen LogP contribution in [0, 0.1) is 0 Å². The van der Waals surface area contributed by atoms with E-state index in [0.29, 0.717) is 0 Å². The number of hydrogen-bond acceptors (Lipinski definition) is 3. The lowest BCUT2D eigenvalue weighted by Crippen LogP contribution is -2.32. The molecule has 1 aromatic carbocycles. The summed E-state index contributed by atoms with van der Waals surface area (Å²) >= 11 is 0. The summed E-state index contributed by atoms with van der Waals surface area (Å²) in [6.45, 7) is 10.5. The zero-order chi connectivity index (χ0) is 14.5. The Balaban J connectivity index is 2.17. The molecular formula is C16H21N3O. The molecule has 2 heterocycles. The van der Waals surface area contributed by atoms with Crippen molar-refractivity contribution in [1.82, 2.24) is 10.2 Å². The lowest BCUT2D eigenvalue weighted by molar-refractivity contribution is 0.106. The maximum atomic E-state index is 6.16. The van der Waals surface area contributed by atoms with Gasteiger partial charge in [-0.2, -0.15) is 5.10 Å². The second-order valence-corrected chi connectivity index (χ2v) is 6.81. The summed E-state index contributed by atoms with van der Waals surface area (Å²) in [6, 6.07) is 8.06. The van der Waals surface area contributed by atoms with Gasteiger partial charge < -0.3 is 10.1 Å². The molecule has 0 saturated carbocycles. The molecule has 2 aromatic rings. The molecule has 0 saturated heterocycles. The highest BCUT2D eigenvalue weighted by molar-refractivity contribution is 5.77. The molecule has 0 spiro atoms. The maximum Gasteiger partial charge on any atom is 0.156 e. The Labute approximate surface area is 119 Å². The second-order valence-electron chi connectivity index (χ2n) is 6.81. The van der Waals surface area contributed by atoms with E-state index >= 15 is 0 Å². The van der Waals surface area contributed by atoms with Gasteiger partial charge in [0.2, 0.25) is 0 Å². The first-order chi connectivity index (χ1) is 9.28. The van der Waals surface area contributed by atoms with E-state index in [4.69, 9.17) is 4.74 Å². The summed E-state index contributed by atoms with van der Waals surface area (Å²) < 4.78 is 6.16. The topological polar surface area (TPSA) is 49.9 Å². The van der Waals surface area contributed by atoms with Gasteiger partial charge >= 0.3 is 0 Å². The van der Waals surface area contributed by atoms with Gasteiger partial charge in [0.05, 0.1) is 11.3 Å². The molecule has 0 unspecified atom stereocenters. The van der Waals surface area contributed by atoms with Crippen LogP contribution in [-0.4, -0.2) is 15.7 Å². The summed E-state index contributed by atoms with van der Waals surface area (Å²) in [7, 11) is 0. The molecule has 1 aromatic heterocycles. The van der Waals surface area contributed by atoms with Crippen molar-refractivity contribution in [3.05, 3.63) is 29.8 Å². The van der Waals surface area contributed by atoms with Crippen LogP contribution in [-0.2, 0) is 5.60 Å². The van der Waals surface area contributed by atoms with Crippen LogP contribution in [0.1, 0.15) is 40.2 Å². The number of para-hydroxylation sites is 1. The van der Waals surface area contributed by atoms with Gasteiger partial charge in [0, 0.05) is 11.1 Å². The molecule has 3 rings (SSSR count). The minimum absolute atomic E-state index is 0.0456. The zero-order valence-corrected chi connectivity index (χ0v) is 12.7. The average Bonchev–Trinajstić information content (AvgIpc) is 2.71. The molecule has 0 aliphatic carbocycles. The van der Waals surface area contributed by atoms with Gasteiger partial charge in [0.25, 0.3) is 0 Å². The van der Waals surface area contributed by atoms with Crippen LogP contribution in [0.4, 0.5) is 5.82 Å². The number of fused-ring (bicyclic) bond motifs is 3. The number of anilines is 1. The van der Waals surface area contributed by atoms with Gasteiger partial charge in [-0.1, -0.05) is 12.1 Å². The van der Waals surface area contributed by atoms with E-state index in [-0.39, 0.29) is 5.54 Å². The standard InChI is InChI=1S/C16H21N3O/c1-15(2,3)17-14-12-13(18-19-14)10-8-6-7-9-11(10)20-16(12,4)5/h6-9H,1-5H3,(H2,17,18,19). The predicted molar refractivity (Wildman–Crippen MR) is 81.1 cm³/mol. The van der Waals surface area contributed by atoms with Gasteiger partial charge in [-0.3, -0.25) is 5.10 Å². The number of aromatic nitrogens is 2. The number of aromatic amines is 1.